The van der Waals surface area contributed by atoms with E-state index in [4.69, 9.17) is 4.52 Å². The minimum atomic E-state index is 0.251. The second-order valence-corrected chi connectivity index (χ2v) is 5.18. The molecule has 2 aliphatic heterocycles. The molecule has 94 valence electrons. The van der Waals surface area contributed by atoms with Crippen LogP contribution in [0.2, 0.25) is 0 Å². The summed E-state index contributed by atoms with van der Waals surface area (Å²) in [5.74, 6) is 2.13. The SMILES string of the molecule is CC1CCNC1c1nc(N2CCCCC2)no1. The first-order valence-electron chi connectivity index (χ1n) is 6.66. The third-order valence-electron chi connectivity index (χ3n) is 3.87. The molecule has 0 aromatic carbocycles. The lowest BCUT2D eigenvalue weighted by Gasteiger charge is -2.24. The molecule has 0 amide bonds. The van der Waals surface area contributed by atoms with Gasteiger partial charge in [0.05, 0.1) is 6.04 Å². The minimum Gasteiger partial charge on any atom is -0.338 e. The van der Waals surface area contributed by atoms with Crippen molar-refractivity contribution in [2.24, 2.45) is 5.92 Å². The van der Waals surface area contributed by atoms with Crippen LogP contribution in [0.1, 0.15) is 44.5 Å². The molecule has 1 aromatic heterocycles. The number of aromatic nitrogens is 2. The fraction of sp³-hybridized carbons (Fsp3) is 0.833. The van der Waals surface area contributed by atoms with Gasteiger partial charge in [0.25, 0.3) is 5.95 Å². The number of hydrogen-bond donors (Lipinski definition) is 1. The maximum absolute atomic E-state index is 5.41. The van der Waals surface area contributed by atoms with Crippen LogP contribution in [0.15, 0.2) is 4.52 Å². The lowest BCUT2D eigenvalue weighted by molar-refractivity contribution is 0.318. The average Bonchev–Trinajstić information content (AvgIpc) is 2.98. The minimum absolute atomic E-state index is 0.251. The van der Waals surface area contributed by atoms with Crippen LogP contribution in [0.5, 0.6) is 0 Å². The van der Waals surface area contributed by atoms with Crippen molar-refractivity contribution in [1.29, 1.82) is 0 Å². The number of piperidine rings is 1. The van der Waals surface area contributed by atoms with E-state index in [1.54, 1.807) is 0 Å². The zero-order chi connectivity index (χ0) is 11.7. The summed E-state index contributed by atoms with van der Waals surface area (Å²) in [6.07, 6.45) is 4.98. The normalized spacial score (nSPS) is 29.8. The lowest BCUT2D eigenvalue weighted by atomic mass is 10.0. The van der Waals surface area contributed by atoms with Gasteiger partial charge in [0.15, 0.2) is 0 Å². The number of hydrogen-bond acceptors (Lipinski definition) is 5. The fourth-order valence-corrected chi connectivity index (χ4v) is 2.74. The molecule has 1 N–H and O–H groups in total. The molecule has 0 radical (unpaired) electrons. The van der Waals surface area contributed by atoms with Crippen molar-refractivity contribution in [3.8, 4) is 0 Å². The summed E-state index contributed by atoms with van der Waals surface area (Å²) in [6, 6.07) is 0.251. The van der Waals surface area contributed by atoms with Crippen LogP contribution in [0, 0.1) is 5.92 Å². The van der Waals surface area contributed by atoms with Crippen molar-refractivity contribution in [3.63, 3.8) is 0 Å². The molecule has 2 atom stereocenters. The van der Waals surface area contributed by atoms with Crippen LogP contribution in [0.3, 0.4) is 0 Å². The van der Waals surface area contributed by atoms with E-state index in [0.29, 0.717) is 5.92 Å². The van der Waals surface area contributed by atoms with Gasteiger partial charge in [0.1, 0.15) is 0 Å². The number of nitrogens with zero attached hydrogens (tertiary/aromatic N) is 3. The maximum Gasteiger partial charge on any atom is 0.266 e. The predicted molar refractivity (Wildman–Crippen MR) is 64.9 cm³/mol. The smallest absolute Gasteiger partial charge is 0.266 e. The summed E-state index contributed by atoms with van der Waals surface area (Å²) in [6.45, 7) is 5.40. The summed E-state index contributed by atoms with van der Waals surface area (Å²) in [4.78, 5) is 6.78. The van der Waals surface area contributed by atoms with Crippen LogP contribution < -0.4 is 10.2 Å². The number of rotatable bonds is 2. The van der Waals surface area contributed by atoms with Crippen LogP contribution in [0.4, 0.5) is 5.95 Å². The first-order valence-corrected chi connectivity index (χ1v) is 6.66. The van der Waals surface area contributed by atoms with Crippen molar-refractivity contribution < 1.29 is 4.52 Å². The van der Waals surface area contributed by atoms with Crippen molar-refractivity contribution in [1.82, 2.24) is 15.5 Å². The molecule has 5 nitrogen and oxygen atoms in total. The highest BCUT2D eigenvalue weighted by Gasteiger charge is 2.30. The Bertz CT molecular complexity index is 372. The number of anilines is 1. The van der Waals surface area contributed by atoms with Crippen molar-refractivity contribution in [3.05, 3.63) is 5.89 Å². The van der Waals surface area contributed by atoms with Crippen LogP contribution in [-0.4, -0.2) is 29.8 Å². The van der Waals surface area contributed by atoms with E-state index in [9.17, 15) is 0 Å². The Morgan fingerprint density at radius 1 is 1.29 bits per heavy atom. The van der Waals surface area contributed by atoms with Gasteiger partial charge in [-0.2, -0.15) is 4.98 Å². The summed E-state index contributed by atoms with van der Waals surface area (Å²) in [5.41, 5.74) is 0. The molecule has 17 heavy (non-hydrogen) atoms. The molecule has 2 fully saturated rings. The Morgan fingerprint density at radius 3 is 2.82 bits per heavy atom. The summed E-state index contributed by atoms with van der Waals surface area (Å²) < 4.78 is 5.41. The number of nitrogens with one attached hydrogen (secondary N) is 1. The molecular formula is C12H20N4O. The second kappa shape index (κ2) is 4.64. The lowest BCUT2D eigenvalue weighted by Crippen LogP contribution is -2.30. The molecule has 0 saturated carbocycles. The van der Waals surface area contributed by atoms with Crippen LogP contribution >= 0.6 is 0 Å². The van der Waals surface area contributed by atoms with Crippen molar-refractivity contribution in [2.45, 2.75) is 38.6 Å². The van der Waals surface area contributed by atoms with Gasteiger partial charge in [-0.25, -0.2) is 0 Å². The third kappa shape index (κ3) is 2.16. The Kier molecular flexibility index (Phi) is 3.01. The van der Waals surface area contributed by atoms with Crippen LogP contribution in [-0.2, 0) is 0 Å². The van der Waals surface area contributed by atoms with Crippen molar-refractivity contribution >= 4 is 5.95 Å². The Hall–Kier alpha value is -1.10. The Morgan fingerprint density at radius 2 is 2.12 bits per heavy atom. The van der Waals surface area contributed by atoms with E-state index in [2.05, 4.69) is 27.3 Å². The molecule has 1 aromatic rings. The van der Waals surface area contributed by atoms with Gasteiger partial charge in [-0.1, -0.05) is 6.92 Å². The van der Waals surface area contributed by atoms with Crippen molar-refractivity contribution in [2.75, 3.05) is 24.5 Å². The highest BCUT2D eigenvalue weighted by molar-refractivity contribution is 5.28. The average molecular weight is 236 g/mol. The van der Waals surface area contributed by atoms with Gasteiger partial charge in [-0.3, -0.25) is 0 Å². The maximum atomic E-state index is 5.41. The van der Waals surface area contributed by atoms with E-state index in [1.807, 2.05) is 0 Å². The third-order valence-corrected chi connectivity index (χ3v) is 3.87. The van der Waals surface area contributed by atoms with Gasteiger partial charge in [-0.15, -0.1) is 0 Å². The summed E-state index contributed by atoms with van der Waals surface area (Å²) >= 11 is 0. The quantitative estimate of drug-likeness (QED) is 0.847. The molecular weight excluding hydrogens is 216 g/mol. The molecule has 2 aliphatic rings. The van der Waals surface area contributed by atoms with Gasteiger partial charge >= 0.3 is 0 Å². The van der Waals surface area contributed by atoms with E-state index in [0.717, 1.165) is 31.5 Å². The van der Waals surface area contributed by atoms with Gasteiger partial charge in [0.2, 0.25) is 5.89 Å². The molecule has 5 heteroatoms. The molecule has 3 rings (SSSR count). The predicted octanol–water partition coefficient (Wildman–Crippen LogP) is 1.73. The molecule has 0 spiro atoms. The standard InChI is InChI=1S/C12H20N4O/c1-9-5-6-13-10(9)11-14-12(15-17-11)16-7-3-2-4-8-16/h9-10,13H,2-8H2,1H3. The van der Waals surface area contributed by atoms with Crippen LogP contribution in [0.25, 0.3) is 0 Å². The van der Waals surface area contributed by atoms with E-state index < -0.39 is 0 Å². The molecule has 2 unspecified atom stereocenters. The van der Waals surface area contributed by atoms with Gasteiger partial charge < -0.3 is 14.7 Å². The summed E-state index contributed by atoms with van der Waals surface area (Å²) in [5, 5.41) is 7.54. The first-order chi connectivity index (χ1) is 8.34. The molecule has 3 heterocycles. The molecule has 0 aliphatic carbocycles. The zero-order valence-corrected chi connectivity index (χ0v) is 10.4. The Balaban J connectivity index is 1.73. The van der Waals surface area contributed by atoms with Gasteiger partial charge in [0, 0.05) is 13.1 Å². The van der Waals surface area contributed by atoms with E-state index in [1.165, 1.54) is 25.7 Å². The zero-order valence-electron chi connectivity index (χ0n) is 10.4. The Labute approximate surface area is 102 Å². The second-order valence-electron chi connectivity index (χ2n) is 5.18. The summed E-state index contributed by atoms with van der Waals surface area (Å²) in [7, 11) is 0. The topological polar surface area (TPSA) is 54.2 Å². The highest BCUT2D eigenvalue weighted by Crippen LogP contribution is 2.29. The fourth-order valence-electron chi connectivity index (χ4n) is 2.74. The molecule has 0 bridgehead atoms. The van der Waals surface area contributed by atoms with E-state index >= 15 is 0 Å². The first kappa shape index (κ1) is 11.0. The van der Waals surface area contributed by atoms with E-state index in [-0.39, 0.29) is 6.04 Å². The highest BCUT2D eigenvalue weighted by atomic mass is 16.5. The largest absolute Gasteiger partial charge is 0.338 e. The molecule has 2 saturated heterocycles. The monoisotopic (exact) mass is 236 g/mol. The van der Waals surface area contributed by atoms with Gasteiger partial charge in [-0.05, 0) is 43.3 Å².